The maximum atomic E-state index is 9.10. The first-order chi connectivity index (χ1) is 7.67. The van der Waals surface area contributed by atoms with E-state index in [1.165, 1.54) is 5.56 Å². The Kier molecular flexibility index (Phi) is 2.87. The van der Waals surface area contributed by atoms with Crippen LogP contribution in [0.1, 0.15) is 37.7 Å². The van der Waals surface area contributed by atoms with Gasteiger partial charge in [0.1, 0.15) is 5.75 Å². The summed E-state index contributed by atoms with van der Waals surface area (Å²) in [6, 6.07) is 10.7. The summed E-state index contributed by atoms with van der Waals surface area (Å²) in [7, 11) is 1.68. The Morgan fingerprint density at radius 2 is 2.06 bits per heavy atom. The molecule has 1 aliphatic carbocycles. The van der Waals surface area contributed by atoms with Crippen LogP contribution in [0.4, 0.5) is 0 Å². The van der Waals surface area contributed by atoms with Gasteiger partial charge in [0.05, 0.1) is 18.6 Å². The van der Waals surface area contributed by atoms with E-state index in [2.05, 4.69) is 25.1 Å². The van der Waals surface area contributed by atoms with Crippen molar-refractivity contribution in [1.29, 1.82) is 5.26 Å². The Morgan fingerprint density at radius 1 is 1.38 bits per heavy atom. The van der Waals surface area contributed by atoms with Crippen LogP contribution in [-0.4, -0.2) is 7.11 Å². The minimum Gasteiger partial charge on any atom is -0.497 e. The lowest BCUT2D eigenvalue weighted by atomic mass is 9.88. The van der Waals surface area contributed by atoms with Crippen molar-refractivity contribution < 1.29 is 4.74 Å². The van der Waals surface area contributed by atoms with Gasteiger partial charge < -0.3 is 4.74 Å². The van der Waals surface area contributed by atoms with Crippen molar-refractivity contribution in [2.45, 2.75) is 32.1 Å². The van der Waals surface area contributed by atoms with E-state index in [9.17, 15) is 0 Å². The van der Waals surface area contributed by atoms with E-state index in [0.29, 0.717) is 5.92 Å². The fourth-order valence-corrected chi connectivity index (χ4v) is 2.50. The Labute approximate surface area is 96.9 Å². The zero-order valence-electron chi connectivity index (χ0n) is 9.86. The summed E-state index contributed by atoms with van der Waals surface area (Å²) in [5.41, 5.74) is 1.21. The molecule has 2 nitrogen and oxygen atoms in total. The average Bonchev–Trinajstić information content (AvgIpc) is 2.73. The Morgan fingerprint density at radius 3 is 2.56 bits per heavy atom. The highest BCUT2D eigenvalue weighted by Crippen LogP contribution is 2.45. The molecule has 1 aliphatic rings. The molecule has 1 saturated carbocycles. The number of ether oxygens (including phenoxy) is 1. The lowest BCUT2D eigenvalue weighted by Crippen LogP contribution is -2.07. The first kappa shape index (κ1) is 11.0. The monoisotopic (exact) mass is 215 g/mol. The smallest absolute Gasteiger partial charge is 0.118 e. The van der Waals surface area contributed by atoms with Crippen molar-refractivity contribution in [1.82, 2.24) is 0 Å². The van der Waals surface area contributed by atoms with Crippen LogP contribution in [0.2, 0.25) is 0 Å². The van der Waals surface area contributed by atoms with Crippen molar-refractivity contribution >= 4 is 0 Å². The van der Waals surface area contributed by atoms with Gasteiger partial charge in [-0.25, -0.2) is 0 Å². The van der Waals surface area contributed by atoms with Crippen LogP contribution in [0, 0.1) is 16.7 Å². The first-order valence-electron chi connectivity index (χ1n) is 5.72. The molecule has 84 valence electrons. The van der Waals surface area contributed by atoms with Crippen LogP contribution in [0.3, 0.4) is 0 Å². The van der Waals surface area contributed by atoms with Crippen LogP contribution < -0.4 is 4.74 Å². The second-order valence-corrected chi connectivity index (χ2v) is 4.89. The SMILES string of the molecule is COc1ccc([C@@H]2CC[C@](C)(C#N)C2)cc1. The van der Waals surface area contributed by atoms with E-state index in [0.717, 1.165) is 25.0 Å². The highest BCUT2D eigenvalue weighted by atomic mass is 16.5. The molecule has 0 unspecified atom stereocenters. The Balaban J connectivity index is 2.12. The average molecular weight is 215 g/mol. The molecule has 0 aliphatic heterocycles. The molecule has 1 aromatic carbocycles. The molecule has 2 atom stereocenters. The lowest BCUT2D eigenvalue weighted by molar-refractivity contribution is 0.414. The fourth-order valence-electron chi connectivity index (χ4n) is 2.50. The van der Waals surface area contributed by atoms with E-state index in [1.807, 2.05) is 12.1 Å². The minimum absolute atomic E-state index is 0.120. The van der Waals surface area contributed by atoms with Gasteiger partial charge in [-0.15, -0.1) is 0 Å². The number of benzene rings is 1. The number of hydrogen-bond donors (Lipinski definition) is 0. The predicted molar refractivity (Wildman–Crippen MR) is 63.3 cm³/mol. The summed E-state index contributed by atoms with van der Waals surface area (Å²) in [5, 5.41) is 9.10. The molecule has 16 heavy (non-hydrogen) atoms. The largest absolute Gasteiger partial charge is 0.497 e. The van der Waals surface area contributed by atoms with Gasteiger partial charge >= 0.3 is 0 Å². The quantitative estimate of drug-likeness (QED) is 0.756. The summed E-state index contributed by atoms with van der Waals surface area (Å²) < 4.78 is 5.14. The highest BCUT2D eigenvalue weighted by molar-refractivity contribution is 5.30. The molecule has 1 aromatic rings. The summed E-state index contributed by atoms with van der Waals surface area (Å²) in [6.07, 6.45) is 3.12. The van der Waals surface area contributed by atoms with Crippen molar-refractivity contribution in [3.63, 3.8) is 0 Å². The van der Waals surface area contributed by atoms with Gasteiger partial charge in [0, 0.05) is 0 Å². The normalized spacial score (nSPS) is 28.7. The summed E-state index contributed by atoms with van der Waals surface area (Å²) >= 11 is 0. The molecule has 2 heteroatoms. The third kappa shape index (κ3) is 2.04. The Hall–Kier alpha value is -1.49. The molecule has 0 saturated heterocycles. The second-order valence-electron chi connectivity index (χ2n) is 4.89. The number of rotatable bonds is 2. The van der Waals surface area contributed by atoms with Gasteiger partial charge in [-0.1, -0.05) is 12.1 Å². The van der Waals surface area contributed by atoms with Crippen LogP contribution >= 0.6 is 0 Å². The molecule has 0 aromatic heterocycles. The van der Waals surface area contributed by atoms with Gasteiger partial charge in [0.25, 0.3) is 0 Å². The summed E-state index contributed by atoms with van der Waals surface area (Å²) in [5.74, 6) is 1.43. The number of methoxy groups -OCH3 is 1. The molecule has 1 fully saturated rings. The zero-order chi connectivity index (χ0) is 11.6. The van der Waals surface area contributed by atoms with Crippen LogP contribution in [-0.2, 0) is 0 Å². The molecule has 0 N–H and O–H groups in total. The topological polar surface area (TPSA) is 33.0 Å². The van der Waals surface area contributed by atoms with Crippen molar-refractivity contribution in [2.75, 3.05) is 7.11 Å². The van der Waals surface area contributed by atoms with Gasteiger partial charge in [-0.3, -0.25) is 0 Å². The molecular weight excluding hydrogens is 198 g/mol. The number of nitriles is 1. The first-order valence-corrected chi connectivity index (χ1v) is 5.72. The fraction of sp³-hybridized carbons (Fsp3) is 0.500. The zero-order valence-corrected chi connectivity index (χ0v) is 9.86. The molecule has 0 spiro atoms. The minimum atomic E-state index is -0.120. The van der Waals surface area contributed by atoms with Crippen LogP contribution in [0.25, 0.3) is 0 Å². The van der Waals surface area contributed by atoms with Crippen LogP contribution in [0.5, 0.6) is 5.75 Å². The molecule has 0 amide bonds. The maximum absolute atomic E-state index is 9.10. The molecular formula is C14H17NO. The van der Waals surface area contributed by atoms with Gasteiger partial charge in [0.15, 0.2) is 0 Å². The lowest BCUT2D eigenvalue weighted by Gasteiger charge is -2.14. The van der Waals surface area contributed by atoms with E-state index in [1.54, 1.807) is 7.11 Å². The van der Waals surface area contributed by atoms with Gasteiger partial charge in [-0.2, -0.15) is 5.26 Å². The van der Waals surface area contributed by atoms with Gasteiger partial charge in [0.2, 0.25) is 0 Å². The number of nitrogens with zero attached hydrogens (tertiary/aromatic N) is 1. The third-order valence-electron chi connectivity index (χ3n) is 3.60. The predicted octanol–water partition coefficient (Wildman–Crippen LogP) is 3.49. The van der Waals surface area contributed by atoms with Crippen molar-refractivity contribution in [3.05, 3.63) is 29.8 Å². The highest BCUT2D eigenvalue weighted by Gasteiger charge is 2.35. The van der Waals surface area contributed by atoms with Crippen molar-refractivity contribution in [2.24, 2.45) is 5.41 Å². The van der Waals surface area contributed by atoms with E-state index in [-0.39, 0.29) is 5.41 Å². The summed E-state index contributed by atoms with van der Waals surface area (Å²) in [4.78, 5) is 0. The standard InChI is InChI=1S/C14H17NO/c1-14(10-15)8-7-12(9-14)11-3-5-13(16-2)6-4-11/h3-6,12H,7-9H2,1-2H3/t12-,14+/m1/s1. The van der Waals surface area contributed by atoms with E-state index in [4.69, 9.17) is 10.00 Å². The summed E-state index contributed by atoms with van der Waals surface area (Å²) in [6.45, 7) is 2.07. The van der Waals surface area contributed by atoms with Crippen LogP contribution in [0.15, 0.2) is 24.3 Å². The maximum Gasteiger partial charge on any atom is 0.118 e. The second kappa shape index (κ2) is 4.17. The third-order valence-corrected chi connectivity index (χ3v) is 3.60. The van der Waals surface area contributed by atoms with E-state index < -0.39 is 0 Å². The number of hydrogen-bond acceptors (Lipinski definition) is 2. The Bertz CT molecular complexity index is 404. The van der Waals surface area contributed by atoms with Crippen molar-refractivity contribution in [3.8, 4) is 11.8 Å². The molecule has 0 radical (unpaired) electrons. The molecule has 0 heterocycles. The van der Waals surface area contributed by atoms with Gasteiger partial charge in [-0.05, 0) is 49.8 Å². The van der Waals surface area contributed by atoms with E-state index >= 15 is 0 Å². The molecule has 0 bridgehead atoms. The molecule has 2 rings (SSSR count).